The number of thiophene rings is 1. The lowest BCUT2D eigenvalue weighted by Crippen LogP contribution is -2.56. The Morgan fingerprint density at radius 1 is 1.20 bits per heavy atom. The summed E-state index contributed by atoms with van der Waals surface area (Å²) in [6.07, 6.45) is 4.76. The van der Waals surface area contributed by atoms with Gasteiger partial charge in [0.05, 0.1) is 0 Å². The zero-order valence-corrected chi connectivity index (χ0v) is 18.8. The van der Waals surface area contributed by atoms with Gasteiger partial charge in [-0.15, -0.1) is 11.3 Å². The molecule has 0 bridgehead atoms. The molecule has 1 fully saturated rings. The minimum atomic E-state index is -0.998. The van der Waals surface area contributed by atoms with Gasteiger partial charge in [-0.25, -0.2) is 4.79 Å². The predicted octanol–water partition coefficient (Wildman–Crippen LogP) is 3.97. The standard InChI is InChI=1S/C23H30N2O4S/c1-16-14-20(17(2)25(16)12-9-19-8-7-13-30-19)21(27)15-29-22(28)23(24-18(3)26)10-5-4-6-11-23/h7-8,13-14H,4-6,9-12,15H2,1-3H3,(H,24,26). The van der Waals surface area contributed by atoms with E-state index in [1.54, 1.807) is 11.3 Å². The molecule has 2 aromatic heterocycles. The quantitative estimate of drug-likeness (QED) is 0.508. The van der Waals surface area contributed by atoms with Gasteiger partial charge >= 0.3 is 5.97 Å². The predicted molar refractivity (Wildman–Crippen MR) is 117 cm³/mol. The largest absolute Gasteiger partial charge is 0.456 e. The first kappa shape index (κ1) is 22.3. The molecule has 1 aliphatic carbocycles. The average molecular weight is 431 g/mol. The van der Waals surface area contributed by atoms with Crippen molar-refractivity contribution in [1.82, 2.24) is 9.88 Å². The number of ether oxygens (including phenoxy) is 1. The van der Waals surface area contributed by atoms with E-state index in [1.165, 1.54) is 11.8 Å². The van der Waals surface area contributed by atoms with E-state index < -0.39 is 11.5 Å². The summed E-state index contributed by atoms with van der Waals surface area (Å²) in [5, 5.41) is 4.85. The monoisotopic (exact) mass is 430 g/mol. The maximum absolute atomic E-state index is 12.8. The third kappa shape index (κ3) is 5.01. The molecule has 1 N–H and O–H groups in total. The van der Waals surface area contributed by atoms with E-state index in [2.05, 4.69) is 21.3 Å². The normalized spacial score (nSPS) is 15.6. The van der Waals surface area contributed by atoms with Crippen molar-refractivity contribution in [1.29, 1.82) is 0 Å². The molecule has 0 aromatic carbocycles. The molecule has 0 spiro atoms. The van der Waals surface area contributed by atoms with Crippen LogP contribution in [0.25, 0.3) is 0 Å². The lowest BCUT2D eigenvalue weighted by Gasteiger charge is -2.35. The number of aryl methyl sites for hydroxylation is 2. The molecule has 1 saturated carbocycles. The molecule has 2 heterocycles. The first-order valence-corrected chi connectivity index (χ1v) is 11.4. The molecule has 0 radical (unpaired) electrons. The number of Topliss-reactive ketones (excluding diaryl/α,β-unsaturated/α-hetero) is 1. The number of carbonyl (C=O) groups is 3. The minimum absolute atomic E-state index is 0.215. The summed E-state index contributed by atoms with van der Waals surface area (Å²) >= 11 is 1.73. The molecule has 3 rings (SSSR count). The Bertz CT molecular complexity index is 908. The van der Waals surface area contributed by atoms with E-state index in [1.807, 2.05) is 26.0 Å². The van der Waals surface area contributed by atoms with Crippen LogP contribution in [0, 0.1) is 13.8 Å². The van der Waals surface area contributed by atoms with Gasteiger partial charge in [-0.05, 0) is 50.6 Å². The summed E-state index contributed by atoms with van der Waals surface area (Å²) in [6.45, 7) is 5.81. The summed E-state index contributed by atoms with van der Waals surface area (Å²) in [6, 6.07) is 6.02. The number of nitrogens with one attached hydrogen (secondary N) is 1. The lowest BCUT2D eigenvalue weighted by molar-refractivity contribution is -0.154. The second-order valence-corrected chi connectivity index (χ2v) is 9.12. The van der Waals surface area contributed by atoms with E-state index >= 15 is 0 Å². The Kier molecular flexibility index (Phi) is 7.13. The highest BCUT2D eigenvalue weighted by Crippen LogP contribution is 2.29. The number of carbonyl (C=O) groups excluding carboxylic acids is 3. The van der Waals surface area contributed by atoms with E-state index in [0.29, 0.717) is 18.4 Å². The molecule has 162 valence electrons. The first-order chi connectivity index (χ1) is 14.3. The van der Waals surface area contributed by atoms with Crippen LogP contribution in [0.5, 0.6) is 0 Å². The van der Waals surface area contributed by atoms with Crippen LogP contribution in [-0.2, 0) is 27.3 Å². The van der Waals surface area contributed by atoms with Crippen molar-refractivity contribution in [3.8, 4) is 0 Å². The van der Waals surface area contributed by atoms with Crippen LogP contribution in [-0.4, -0.2) is 34.4 Å². The van der Waals surface area contributed by atoms with E-state index in [-0.39, 0.29) is 18.3 Å². The molecule has 1 aliphatic rings. The third-order valence-corrected chi connectivity index (χ3v) is 6.82. The zero-order chi connectivity index (χ0) is 21.7. The van der Waals surface area contributed by atoms with Gasteiger partial charge in [-0.2, -0.15) is 0 Å². The Labute approximate surface area is 181 Å². The van der Waals surface area contributed by atoms with Gasteiger partial charge in [0, 0.05) is 35.3 Å². The van der Waals surface area contributed by atoms with Crippen LogP contribution in [0.15, 0.2) is 23.6 Å². The van der Waals surface area contributed by atoms with Crippen LogP contribution < -0.4 is 5.32 Å². The Morgan fingerprint density at radius 3 is 2.57 bits per heavy atom. The SMILES string of the molecule is CC(=O)NC1(C(=O)OCC(=O)c2cc(C)n(CCc3cccs3)c2C)CCCCC1. The Hall–Kier alpha value is -2.41. The van der Waals surface area contributed by atoms with Gasteiger partial charge in [0.1, 0.15) is 5.54 Å². The average Bonchev–Trinajstić information content (AvgIpc) is 3.32. The van der Waals surface area contributed by atoms with Gasteiger partial charge in [0.15, 0.2) is 6.61 Å². The summed E-state index contributed by atoms with van der Waals surface area (Å²) in [5.74, 6) is -0.973. The van der Waals surface area contributed by atoms with Crippen LogP contribution >= 0.6 is 11.3 Å². The molecule has 0 unspecified atom stereocenters. The van der Waals surface area contributed by atoms with Crippen molar-refractivity contribution in [2.24, 2.45) is 0 Å². The highest BCUT2D eigenvalue weighted by molar-refractivity contribution is 7.09. The van der Waals surface area contributed by atoms with Crippen molar-refractivity contribution in [3.05, 3.63) is 45.4 Å². The van der Waals surface area contributed by atoms with Gasteiger partial charge < -0.3 is 14.6 Å². The van der Waals surface area contributed by atoms with Crippen LogP contribution in [0.2, 0.25) is 0 Å². The number of hydrogen-bond acceptors (Lipinski definition) is 5. The fourth-order valence-electron chi connectivity index (χ4n) is 4.32. The van der Waals surface area contributed by atoms with Crippen LogP contribution in [0.3, 0.4) is 0 Å². The minimum Gasteiger partial charge on any atom is -0.456 e. The summed E-state index contributed by atoms with van der Waals surface area (Å²) in [5.41, 5.74) is 1.49. The van der Waals surface area contributed by atoms with E-state index in [4.69, 9.17) is 4.74 Å². The number of amides is 1. The number of rotatable bonds is 8. The van der Waals surface area contributed by atoms with Crippen molar-refractivity contribution >= 4 is 29.0 Å². The molecule has 30 heavy (non-hydrogen) atoms. The molecule has 0 saturated heterocycles. The highest BCUT2D eigenvalue weighted by Gasteiger charge is 2.42. The van der Waals surface area contributed by atoms with Crippen molar-refractivity contribution in [2.75, 3.05) is 6.61 Å². The van der Waals surface area contributed by atoms with E-state index in [9.17, 15) is 14.4 Å². The molecule has 1 amide bonds. The number of esters is 1. The zero-order valence-electron chi connectivity index (χ0n) is 18.0. The topological polar surface area (TPSA) is 77.4 Å². The van der Waals surface area contributed by atoms with Gasteiger partial charge in [0.25, 0.3) is 0 Å². The van der Waals surface area contributed by atoms with Crippen LogP contribution in [0.4, 0.5) is 0 Å². The van der Waals surface area contributed by atoms with Crippen molar-refractivity contribution in [2.45, 2.75) is 71.4 Å². The summed E-state index contributed by atoms with van der Waals surface area (Å²) in [7, 11) is 0. The second kappa shape index (κ2) is 9.60. The van der Waals surface area contributed by atoms with Gasteiger partial charge in [-0.3, -0.25) is 9.59 Å². The molecule has 7 heteroatoms. The number of hydrogen-bond donors (Lipinski definition) is 1. The fourth-order valence-corrected chi connectivity index (χ4v) is 5.02. The fraction of sp³-hybridized carbons (Fsp3) is 0.522. The maximum Gasteiger partial charge on any atom is 0.332 e. The Balaban J connectivity index is 1.64. The number of nitrogens with zero attached hydrogens (tertiary/aromatic N) is 1. The molecular weight excluding hydrogens is 400 g/mol. The Morgan fingerprint density at radius 2 is 1.93 bits per heavy atom. The third-order valence-electron chi connectivity index (χ3n) is 5.88. The second-order valence-electron chi connectivity index (χ2n) is 8.09. The lowest BCUT2D eigenvalue weighted by atomic mass is 9.81. The number of ketones is 1. The van der Waals surface area contributed by atoms with Crippen molar-refractivity contribution < 1.29 is 19.1 Å². The molecule has 0 atom stereocenters. The molecule has 0 aliphatic heterocycles. The summed E-state index contributed by atoms with van der Waals surface area (Å²) in [4.78, 5) is 38.5. The highest BCUT2D eigenvalue weighted by atomic mass is 32.1. The molecule has 2 aromatic rings. The van der Waals surface area contributed by atoms with Crippen molar-refractivity contribution in [3.63, 3.8) is 0 Å². The molecule has 6 nitrogen and oxygen atoms in total. The van der Waals surface area contributed by atoms with Crippen LogP contribution in [0.1, 0.15) is 65.7 Å². The smallest absolute Gasteiger partial charge is 0.332 e. The summed E-state index contributed by atoms with van der Waals surface area (Å²) < 4.78 is 7.55. The van der Waals surface area contributed by atoms with Gasteiger partial charge in [0.2, 0.25) is 11.7 Å². The number of aromatic nitrogens is 1. The first-order valence-electron chi connectivity index (χ1n) is 10.5. The van der Waals surface area contributed by atoms with E-state index in [0.717, 1.165) is 43.6 Å². The van der Waals surface area contributed by atoms with Gasteiger partial charge in [-0.1, -0.05) is 25.3 Å². The molecular formula is C23H30N2O4S. The maximum atomic E-state index is 12.8.